The number of likely N-dealkylation sites (tertiary alicyclic amines) is 1. The number of nitrogens with zero attached hydrogens (tertiary/aromatic N) is 4. The minimum Gasteiger partial charge on any atom is -0.387 e. The van der Waals surface area contributed by atoms with Crippen LogP contribution in [0.5, 0.6) is 0 Å². The van der Waals surface area contributed by atoms with Gasteiger partial charge >= 0.3 is 0 Å². The highest BCUT2D eigenvalue weighted by Gasteiger charge is 2.39. The summed E-state index contributed by atoms with van der Waals surface area (Å²) in [4.78, 5) is 25.4. The largest absolute Gasteiger partial charge is 0.387 e. The minimum absolute atomic E-state index is 0.131. The third-order valence-corrected chi connectivity index (χ3v) is 4.42. The van der Waals surface area contributed by atoms with Gasteiger partial charge in [0.2, 0.25) is 0 Å². The van der Waals surface area contributed by atoms with Gasteiger partial charge in [-0.15, -0.1) is 0 Å². The lowest BCUT2D eigenvalue weighted by Gasteiger charge is -2.26. The fourth-order valence-electron chi connectivity index (χ4n) is 3.36. The Hall–Kier alpha value is -2.31. The second-order valence-corrected chi connectivity index (χ2v) is 6.98. The van der Waals surface area contributed by atoms with Crippen molar-refractivity contribution >= 4 is 5.91 Å². The summed E-state index contributed by atoms with van der Waals surface area (Å²) in [5.74, 6) is 0.495. The first kappa shape index (κ1) is 17.5. The van der Waals surface area contributed by atoms with Gasteiger partial charge in [0.05, 0.1) is 23.4 Å². The number of carbonyl (C=O) groups excluding carboxylic acids is 1. The van der Waals surface area contributed by atoms with E-state index in [0.717, 1.165) is 5.56 Å². The van der Waals surface area contributed by atoms with Crippen LogP contribution in [0, 0.1) is 6.92 Å². The average molecular weight is 340 g/mol. The maximum absolute atomic E-state index is 13.0. The maximum Gasteiger partial charge on any atom is 0.257 e. The van der Waals surface area contributed by atoms with E-state index in [2.05, 4.69) is 9.97 Å². The highest BCUT2D eigenvalue weighted by atomic mass is 16.3. The molecule has 1 aromatic heterocycles. The van der Waals surface area contributed by atoms with Crippen molar-refractivity contribution in [2.24, 2.45) is 0 Å². The third kappa shape index (κ3) is 3.86. The Kier molecular flexibility index (Phi) is 4.83. The van der Waals surface area contributed by atoms with Crippen LogP contribution in [0.25, 0.3) is 11.3 Å². The molecule has 2 heterocycles. The Morgan fingerprint density at radius 2 is 2.04 bits per heavy atom. The Morgan fingerprint density at radius 1 is 1.32 bits per heavy atom. The maximum atomic E-state index is 13.0. The van der Waals surface area contributed by atoms with Gasteiger partial charge in [-0.1, -0.05) is 30.3 Å². The molecule has 1 aliphatic rings. The second-order valence-electron chi connectivity index (χ2n) is 6.98. The van der Waals surface area contributed by atoms with Crippen LogP contribution in [0.3, 0.4) is 0 Å². The van der Waals surface area contributed by atoms with Gasteiger partial charge < -0.3 is 14.9 Å². The second kappa shape index (κ2) is 6.90. The fraction of sp³-hybridized carbons (Fsp3) is 0.421. The molecule has 3 rings (SSSR count). The van der Waals surface area contributed by atoms with Crippen molar-refractivity contribution in [3.63, 3.8) is 0 Å². The number of hydrogen-bond acceptors (Lipinski definition) is 5. The molecule has 2 aromatic rings. The first-order chi connectivity index (χ1) is 11.9. The van der Waals surface area contributed by atoms with Crippen molar-refractivity contribution in [3.05, 3.63) is 47.9 Å². The molecule has 6 nitrogen and oxygen atoms in total. The number of aliphatic hydroxyl groups is 1. The van der Waals surface area contributed by atoms with Crippen molar-refractivity contribution in [2.45, 2.75) is 18.9 Å². The summed E-state index contributed by atoms with van der Waals surface area (Å²) in [6.07, 6.45) is 2.17. The van der Waals surface area contributed by atoms with E-state index < -0.39 is 5.60 Å². The average Bonchev–Trinajstić information content (AvgIpc) is 2.96. The lowest BCUT2D eigenvalue weighted by molar-refractivity contribution is 0.0236. The topological polar surface area (TPSA) is 69.6 Å². The SMILES string of the molecule is Cc1ncc(C(=O)N2CCC(O)(CN(C)C)C2)c(-c2ccccc2)n1. The number of likely N-dealkylation sites (N-methyl/N-ethyl adjacent to an activating group) is 1. The number of aryl methyl sites for hydroxylation is 1. The molecule has 132 valence electrons. The predicted molar refractivity (Wildman–Crippen MR) is 96.2 cm³/mol. The molecular weight excluding hydrogens is 316 g/mol. The number of benzene rings is 1. The van der Waals surface area contributed by atoms with Crippen molar-refractivity contribution < 1.29 is 9.90 Å². The minimum atomic E-state index is -0.863. The lowest BCUT2D eigenvalue weighted by atomic mass is 10.0. The molecule has 0 radical (unpaired) electrons. The molecule has 1 saturated heterocycles. The zero-order valence-electron chi connectivity index (χ0n) is 14.9. The third-order valence-electron chi connectivity index (χ3n) is 4.42. The molecule has 0 aliphatic carbocycles. The molecule has 1 amide bonds. The van der Waals surface area contributed by atoms with E-state index in [9.17, 15) is 9.90 Å². The van der Waals surface area contributed by atoms with Gasteiger partial charge in [-0.2, -0.15) is 0 Å². The van der Waals surface area contributed by atoms with Gasteiger partial charge in [0.15, 0.2) is 0 Å². The van der Waals surface area contributed by atoms with Crippen LogP contribution in [0.2, 0.25) is 0 Å². The van der Waals surface area contributed by atoms with Gasteiger partial charge in [-0.3, -0.25) is 4.79 Å². The van der Waals surface area contributed by atoms with Crippen molar-refractivity contribution in [1.82, 2.24) is 19.8 Å². The number of aromatic nitrogens is 2. The molecule has 1 N–H and O–H groups in total. The Balaban J connectivity index is 1.89. The Bertz CT molecular complexity index is 763. The first-order valence-electron chi connectivity index (χ1n) is 8.43. The van der Waals surface area contributed by atoms with Gasteiger partial charge in [-0.05, 0) is 27.4 Å². The molecule has 0 saturated carbocycles. The molecule has 0 bridgehead atoms. The summed E-state index contributed by atoms with van der Waals surface area (Å²) in [5.41, 5.74) is 1.14. The summed E-state index contributed by atoms with van der Waals surface area (Å²) in [5, 5.41) is 10.7. The molecule has 1 fully saturated rings. The van der Waals surface area contributed by atoms with Crippen molar-refractivity contribution in [2.75, 3.05) is 33.7 Å². The summed E-state index contributed by atoms with van der Waals surface area (Å²) in [6.45, 7) is 3.20. The zero-order valence-corrected chi connectivity index (χ0v) is 14.9. The smallest absolute Gasteiger partial charge is 0.257 e. The van der Waals surface area contributed by atoms with Crippen LogP contribution in [-0.2, 0) is 0 Å². The van der Waals surface area contributed by atoms with E-state index in [1.54, 1.807) is 11.1 Å². The molecule has 25 heavy (non-hydrogen) atoms. The van der Waals surface area contributed by atoms with Crippen LogP contribution in [-0.4, -0.2) is 70.1 Å². The van der Waals surface area contributed by atoms with Gasteiger partial charge in [0.25, 0.3) is 5.91 Å². The lowest BCUT2D eigenvalue weighted by Crippen LogP contribution is -2.43. The van der Waals surface area contributed by atoms with Crippen LogP contribution in [0.1, 0.15) is 22.6 Å². The van der Waals surface area contributed by atoms with E-state index in [1.165, 1.54) is 0 Å². The fourth-order valence-corrected chi connectivity index (χ4v) is 3.36. The van der Waals surface area contributed by atoms with E-state index in [1.807, 2.05) is 56.3 Å². The summed E-state index contributed by atoms with van der Waals surface area (Å²) < 4.78 is 0. The summed E-state index contributed by atoms with van der Waals surface area (Å²) in [6, 6.07) is 9.65. The Morgan fingerprint density at radius 3 is 2.72 bits per heavy atom. The number of β-amino-alcohol motifs (C(OH)–C–C–N with tert-alkyl or cyclic N) is 1. The van der Waals surface area contributed by atoms with Gasteiger partial charge in [0, 0.05) is 24.8 Å². The number of hydrogen-bond donors (Lipinski definition) is 1. The van der Waals surface area contributed by atoms with Crippen molar-refractivity contribution in [3.8, 4) is 11.3 Å². The first-order valence-corrected chi connectivity index (χ1v) is 8.43. The predicted octanol–water partition coefficient (Wildman–Crippen LogP) is 1.59. The number of carbonyl (C=O) groups is 1. The normalized spacial score (nSPS) is 20.3. The molecule has 6 heteroatoms. The van der Waals surface area contributed by atoms with Crippen LogP contribution in [0.4, 0.5) is 0 Å². The quantitative estimate of drug-likeness (QED) is 0.915. The van der Waals surface area contributed by atoms with Gasteiger partial charge in [-0.25, -0.2) is 9.97 Å². The van der Waals surface area contributed by atoms with Crippen LogP contribution in [0.15, 0.2) is 36.5 Å². The highest BCUT2D eigenvalue weighted by molar-refractivity contribution is 5.99. The molecule has 1 aliphatic heterocycles. The van der Waals surface area contributed by atoms with E-state index in [4.69, 9.17) is 0 Å². The molecular formula is C19H24N4O2. The zero-order chi connectivity index (χ0) is 18.0. The van der Waals surface area contributed by atoms with Gasteiger partial charge in [0.1, 0.15) is 5.82 Å². The summed E-state index contributed by atoms with van der Waals surface area (Å²) in [7, 11) is 3.84. The monoisotopic (exact) mass is 340 g/mol. The van der Waals surface area contributed by atoms with Crippen molar-refractivity contribution in [1.29, 1.82) is 0 Å². The van der Waals surface area contributed by atoms with Crippen LogP contribution < -0.4 is 0 Å². The van der Waals surface area contributed by atoms with E-state index >= 15 is 0 Å². The molecule has 1 aromatic carbocycles. The molecule has 0 spiro atoms. The van der Waals surface area contributed by atoms with Crippen LogP contribution >= 0.6 is 0 Å². The molecule has 1 atom stereocenters. The van der Waals surface area contributed by atoms with E-state index in [-0.39, 0.29) is 5.91 Å². The van der Waals surface area contributed by atoms with E-state index in [0.29, 0.717) is 43.1 Å². The highest BCUT2D eigenvalue weighted by Crippen LogP contribution is 2.27. The number of rotatable bonds is 4. The standard InChI is InChI=1S/C19H24N4O2/c1-14-20-11-16(17(21-14)15-7-5-4-6-8-15)18(24)23-10-9-19(25,13-23)12-22(2)3/h4-8,11,25H,9-10,12-13H2,1-3H3. The number of amides is 1. The summed E-state index contributed by atoms with van der Waals surface area (Å²) >= 11 is 0. The molecule has 1 unspecified atom stereocenters. The Labute approximate surface area is 148 Å².